The molecule has 0 radical (unpaired) electrons. The number of benzene rings is 1. The molecule has 0 aliphatic carbocycles. The molecule has 0 bridgehead atoms. The van der Waals surface area contributed by atoms with Crippen LogP contribution < -0.4 is 4.90 Å². The fraction of sp³-hybridized carbons (Fsp3) is 0.500. The summed E-state index contributed by atoms with van der Waals surface area (Å²) >= 11 is 12.1. The minimum atomic E-state index is -1.15. The number of β-amino-alcohol motifs (C(OH)–C–C–N with tert-alkyl or cyclic N) is 1. The van der Waals surface area contributed by atoms with E-state index in [1.54, 1.807) is 18.2 Å². The van der Waals surface area contributed by atoms with Gasteiger partial charge in [0.15, 0.2) is 5.15 Å². The van der Waals surface area contributed by atoms with Crippen LogP contribution in [0.4, 0.5) is 5.69 Å². The van der Waals surface area contributed by atoms with Crippen LogP contribution in [0.25, 0.3) is 5.69 Å². The Hall–Kier alpha value is -2.40. The van der Waals surface area contributed by atoms with E-state index in [0.29, 0.717) is 23.0 Å². The zero-order valence-corrected chi connectivity index (χ0v) is 18.6. The Labute approximate surface area is 194 Å². The monoisotopic (exact) mass is 483 g/mol. The van der Waals surface area contributed by atoms with Gasteiger partial charge in [-0.3, -0.25) is 4.79 Å². The minimum Gasteiger partial charge on any atom is -0.480 e. The lowest BCUT2D eigenvalue weighted by molar-refractivity contribution is -0.155. The van der Waals surface area contributed by atoms with Gasteiger partial charge in [-0.15, -0.1) is 5.10 Å². The van der Waals surface area contributed by atoms with Gasteiger partial charge in [0, 0.05) is 18.1 Å². The SMILES string of the molecule is O=C(O)C(CC1CCCCO1)N1CC(O)N(c2cc(Cl)ccc2-n2cc(Cl)nn2)CC1=O. The fourth-order valence-corrected chi connectivity index (χ4v) is 4.44. The molecule has 3 heterocycles. The number of halogens is 2. The van der Waals surface area contributed by atoms with Crippen LogP contribution in [0.5, 0.6) is 0 Å². The number of carbonyl (C=O) groups is 2. The number of carboxylic acids is 1. The van der Waals surface area contributed by atoms with Crippen molar-refractivity contribution in [2.75, 3.05) is 24.6 Å². The number of piperazine rings is 1. The van der Waals surface area contributed by atoms with Gasteiger partial charge in [0.25, 0.3) is 0 Å². The van der Waals surface area contributed by atoms with Crippen LogP contribution >= 0.6 is 23.2 Å². The molecule has 32 heavy (non-hydrogen) atoms. The number of nitrogens with zero attached hydrogens (tertiary/aromatic N) is 5. The molecule has 2 aliphatic heterocycles. The van der Waals surface area contributed by atoms with E-state index in [0.717, 1.165) is 19.3 Å². The summed E-state index contributed by atoms with van der Waals surface area (Å²) in [7, 11) is 0. The number of hydrogen-bond acceptors (Lipinski definition) is 7. The Morgan fingerprint density at radius 1 is 1.28 bits per heavy atom. The number of anilines is 1. The predicted octanol–water partition coefficient (Wildman–Crippen LogP) is 1.95. The van der Waals surface area contributed by atoms with Crippen molar-refractivity contribution in [1.29, 1.82) is 0 Å². The van der Waals surface area contributed by atoms with Gasteiger partial charge in [0.2, 0.25) is 5.91 Å². The van der Waals surface area contributed by atoms with E-state index in [1.807, 2.05) is 0 Å². The molecule has 2 fully saturated rings. The second-order valence-corrected chi connectivity index (χ2v) is 8.68. The van der Waals surface area contributed by atoms with E-state index < -0.39 is 24.1 Å². The highest BCUT2D eigenvalue weighted by Gasteiger charge is 2.40. The lowest BCUT2D eigenvalue weighted by Gasteiger charge is -2.42. The number of aliphatic hydroxyl groups is 1. The predicted molar refractivity (Wildman–Crippen MR) is 116 cm³/mol. The van der Waals surface area contributed by atoms with Gasteiger partial charge in [0.1, 0.15) is 12.3 Å². The molecule has 1 aromatic heterocycles. The highest BCUT2D eigenvalue weighted by Crippen LogP contribution is 2.32. The van der Waals surface area contributed by atoms with Crippen LogP contribution in [0.3, 0.4) is 0 Å². The molecule has 3 atom stereocenters. The van der Waals surface area contributed by atoms with E-state index in [4.69, 9.17) is 27.9 Å². The normalized spacial score (nSPS) is 22.8. The van der Waals surface area contributed by atoms with Crippen molar-refractivity contribution in [2.24, 2.45) is 0 Å². The van der Waals surface area contributed by atoms with Gasteiger partial charge >= 0.3 is 5.97 Å². The van der Waals surface area contributed by atoms with E-state index in [2.05, 4.69) is 10.3 Å². The summed E-state index contributed by atoms with van der Waals surface area (Å²) in [6, 6.07) is 3.84. The maximum Gasteiger partial charge on any atom is 0.326 e. The Bertz CT molecular complexity index is 997. The lowest BCUT2D eigenvalue weighted by atomic mass is 10.00. The summed E-state index contributed by atoms with van der Waals surface area (Å²) in [5.74, 6) is -1.53. The zero-order chi connectivity index (χ0) is 22.8. The largest absolute Gasteiger partial charge is 0.480 e. The molecular formula is C20H23Cl2N5O5. The maximum atomic E-state index is 13.0. The third kappa shape index (κ3) is 4.83. The zero-order valence-electron chi connectivity index (χ0n) is 17.1. The van der Waals surface area contributed by atoms with Gasteiger partial charge < -0.3 is 24.7 Å². The summed E-state index contributed by atoms with van der Waals surface area (Å²) in [6.07, 6.45) is 2.97. The van der Waals surface area contributed by atoms with Crippen molar-refractivity contribution in [3.8, 4) is 5.69 Å². The van der Waals surface area contributed by atoms with Crippen molar-refractivity contribution < 1.29 is 24.5 Å². The number of aliphatic hydroxyl groups excluding tert-OH is 1. The van der Waals surface area contributed by atoms with Crippen LogP contribution in [0.2, 0.25) is 10.2 Å². The standard InChI is InChI=1S/C20H23Cl2N5O5/c21-12-4-5-14(27-9-17(22)23-24-27)15(7-12)25-10-19(29)26(11-18(25)28)16(20(30)31)8-13-3-1-2-6-32-13/h4-5,7,9,13,16,18,28H,1-3,6,8,10-11H2,(H,30,31). The molecule has 1 aromatic carbocycles. The molecule has 4 rings (SSSR count). The second kappa shape index (κ2) is 9.62. The van der Waals surface area contributed by atoms with Crippen molar-refractivity contribution in [2.45, 2.75) is 44.1 Å². The third-order valence-electron chi connectivity index (χ3n) is 5.73. The summed E-state index contributed by atoms with van der Waals surface area (Å²) in [5, 5.41) is 29.0. The average Bonchev–Trinajstić information content (AvgIpc) is 3.20. The first-order chi connectivity index (χ1) is 15.3. The topological polar surface area (TPSA) is 121 Å². The molecule has 1 amide bonds. The van der Waals surface area contributed by atoms with Crippen molar-refractivity contribution in [3.05, 3.63) is 34.6 Å². The number of rotatable bonds is 6. The molecule has 2 saturated heterocycles. The van der Waals surface area contributed by atoms with E-state index in [9.17, 15) is 19.8 Å². The quantitative estimate of drug-likeness (QED) is 0.639. The van der Waals surface area contributed by atoms with E-state index in [1.165, 1.54) is 20.7 Å². The van der Waals surface area contributed by atoms with E-state index >= 15 is 0 Å². The van der Waals surface area contributed by atoms with Crippen LogP contribution in [0.1, 0.15) is 25.7 Å². The Morgan fingerprint density at radius 2 is 2.09 bits per heavy atom. The molecule has 2 aromatic rings. The molecule has 0 spiro atoms. The highest BCUT2D eigenvalue weighted by molar-refractivity contribution is 6.31. The molecule has 3 unspecified atom stereocenters. The summed E-state index contributed by atoms with van der Waals surface area (Å²) < 4.78 is 7.08. The first-order valence-electron chi connectivity index (χ1n) is 10.3. The Morgan fingerprint density at radius 3 is 2.75 bits per heavy atom. The maximum absolute atomic E-state index is 13.0. The number of amides is 1. The van der Waals surface area contributed by atoms with Crippen LogP contribution in [-0.4, -0.2) is 80.1 Å². The summed E-state index contributed by atoms with van der Waals surface area (Å²) in [6.45, 7) is 0.185. The first-order valence-corrected chi connectivity index (χ1v) is 11.1. The number of carboxylic acid groups (broad SMARTS) is 1. The number of aliphatic carboxylic acids is 1. The van der Waals surface area contributed by atoms with Gasteiger partial charge in [-0.05, 0) is 37.5 Å². The van der Waals surface area contributed by atoms with Gasteiger partial charge in [0.05, 0.1) is 36.8 Å². The Balaban J connectivity index is 1.57. The van der Waals surface area contributed by atoms with E-state index in [-0.39, 0.29) is 30.8 Å². The third-order valence-corrected chi connectivity index (χ3v) is 6.13. The molecular weight excluding hydrogens is 461 g/mol. The van der Waals surface area contributed by atoms with Crippen LogP contribution in [0, 0.1) is 0 Å². The molecule has 2 aliphatic rings. The first kappa shape index (κ1) is 22.8. The molecule has 10 nitrogen and oxygen atoms in total. The number of ether oxygens (including phenoxy) is 1. The highest BCUT2D eigenvalue weighted by atomic mass is 35.5. The fourth-order valence-electron chi connectivity index (χ4n) is 4.15. The van der Waals surface area contributed by atoms with Gasteiger partial charge in [-0.2, -0.15) is 0 Å². The summed E-state index contributed by atoms with van der Waals surface area (Å²) in [4.78, 5) is 27.7. The lowest BCUT2D eigenvalue weighted by Crippen LogP contribution is -2.61. The molecule has 172 valence electrons. The van der Waals surface area contributed by atoms with Gasteiger partial charge in [-0.25, -0.2) is 9.48 Å². The van der Waals surface area contributed by atoms with Crippen LogP contribution in [-0.2, 0) is 14.3 Å². The van der Waals surface area contributed by atoms with Crippen molar-refractivity contribution in [3.63, 3.8) is 0 Å². The average molecular weight is 484 g/mol. The Kier molecular flexibility index (Phi) is 6.85. The number of hydrogen-bond donors (Lipinski definition) is 2. The smallest absolute Gasteiger partial charge is 0.326 e. The molecule has 0 saturated carbocycles. The number of carbonyl (C=O) groups excluding carboxylic acids is 1. The second-order valence-electron chi connectivity index (χ2n) is 7.85. The summed E-state index contributed by atoms with van der Waals surface area (Å²) in [5.41, 5.74) is 0.960. The van der Waals surface area contributed by atoms with Crippen LogP contribution in [0.15, 0.2) is 24.4 Å². The van der Waals surface area contributed by atoms with Crippen molar-refractivity contribution in [1.82, 2.24) is 19.9 Å². The minimum absolute atomic E-state index is 0.174. The van der Waals surface area contributed by atoms with Crippen molar-refractivity contribution >= 4 is 40.8 Å². The molecule has 12 heteroatoms. The molecule has 2 N–H and O–H groups in total. The van der Waals surface area contributed by atoms with Gasteiger partial charge in [-0.1, -0.05) is 28.4 Å². The number of aromatic nitrogens is 3.